The zero-order valence-electron chi connectivity index (χ0n) is 14.6. The number of aromatic nitrogens is 2. The van der Waals surface area contributed by atoms with Crippen LogP contribution in [0.25, 0.3) is 11.1 Å². The van der Waals surface area contributed by atoms with Crippen molar-refractivity contribution in [2.24, 2.45) is 0 Å². The Kier molecular flexibility index (Phi) is 4.73. The normalized spacial score (nSPS) is 16.6. The number of alkyl halides is 3. The third-order valence-corrected chi connectivity index (χ3v) is 4.68. The second-order valence-electron chi connectivity index (χ2n) is 6.59. The van der Waals surface area contributed by atoms with Gasteiger partial charge in [0.05, 0.1) is 12.1 Å². The predicted molar refractivity (Wildman–Crippen MR) is 95.4 cm³/mol. The lowest BCUT2D eigenvalue weighted by Crippen LogP contribution is -2.31. The number of hydrogen-bond donors (Lipinski definition) is 0. The molecule has 0 saturated carbocycles. The number of para-hydroxylation sites is 2. The van der Waals surface area contributed by atoms with Crippen molar-refractivity contribution in [1.82, 2.24) is 14.9 Å². The SMILES string of the molecule is FC(F)(F)c1ccc(N2CCCN(Cc3nc4ccccc4o3)CC2)nc1. The molecule has 1 saturated heterocycles. The summed E-state index contributed by atoms with van der Waals surface area (Å²) >= 11 is 0. The van der Waals surface area contributed by atoms with E-state index in [0.717, 1.165) is 49.4 Å². The van der Waals surface area contributed by atoms with E-state index in [1.807, 2.05) is 29.2 Å². The first-order chi connectivity index (χ1) is 13.0. The minimum atomic E-state index is -4.36. The lowest BCUT2D eigenvalue weighted by Gasteiger charge is -2.22. The molecule has 4 rings (SSSR count). The topological polar surface area (TPSA) is 45.4 Å². The Morgan fingerprint density at radius 2 is 1.85 bits per heavy atom. The molecular formula is C19H19F3N4O. The zero-order chi connectivity index (χ0) is 18.9. The van der Waals surface area contributed by atoms with Gasteiger partial charge in [0.25, 0.3) is 0 Å². The number of hydrogen-bond acceptors (Lipinski definition) is 5. The Morgan fingerprint density at radius 3 is 2.59 bits per heavy atom. The lowest BCUT2D eigenvalue weighted by molar-refractivity contribution is -0.137. The summed E-state index contributed by atoms with van der Waals surface area (Å²) in [5.41, 5.74) is 0.898. The molecule has 0 spiro atoms. The average molecular weight is 376 g/mol. The first kappa shape index (κ1) is 17.8. The summed E-state index contributed by atoms with van der Waals surface area (Å²) in [5.74, 6) is 1.25. The van der Waals surface area contributed by atoms with Crippen molar-refractivity contribution < 1.29 is 17.6 Å². The van der Waals surface area contributed by atoms with E-state index in [-0.39, 0.29) is 0 Å². The van der Waals surface area contributed by atoms with Crippen LogP contribution in [0.1, 0.15) is 17.9 Å². The van der Waals surface area contributed by atoms with Gasteiger partial charge in [0.2, 0.25) is 5.89 Å². The van der Waals surface area contributed by atoms with Gasteiger partial charge in [-0.05, 0) is 30.7 Å². The van der Waals surface area contributed by atoms with Crippen LogP contribution < -0.4 is 4.90 Å². The van der Waals surface area contributed by atoms with Crippen molar-refractivity contribution in [3.8, 4) is 0 Å². The monoisotopic (exact) mass is 376 g/mol. The van der Waals surface area contributed by atoms with E-state index in [1.165, 1.54) is 6.07 Å². The van der Waals surface area contributed by atoms with E-state index >= 15 is 0 Å². The van der Waals surface area contributed by atoms with Crippen LogP contribution in [0, 0.1) is 0 Å². The Morgan fingerprint density at radius 1 is 1.00 bits per heavy atom. The van der Waals surface area contributed by atoms with Gasteiger partial charge in [-0.25, -0.2) is 9.97 Å². The molecule has 3 heterocycles. The van der Waals surface area contributed by atoms with E-state index in [4.69, 9.17) is 4.42 Å². The fraction of sp³-hybridized carbons (Fsp3) is 0.368. The van der Waals surface area contributed by atoms with Crippen LogP contribution in [0.5, 0.6) is 0 Å². The molecule has 1 aliphatic rings. The van der Waals surface area contributed by atoms with Crippen molar-refractivity contribution in [2.45, 2.75) is 19.1 Å². The van der Waals surface area contributed by atoms with E-state index < -0.39 is 11.7 Å². The minimum Gasteiger partial charge on any atom is -0.439 e. The Labute approximate surface area is 154 Å². The van der Waals surface area contributed by atoms with Crippen molar-refractivity contribution in [1.29, 1.82) is 0 Å². The molecule has 0 N–H and O–H groups in total. The quantitative estimate of drug-likeness (QED) is 0.693. The molecule has 5 nitrogen and oxygen atoms in total. The molecule has 0 aliphatic carbocycles. The molecule has 142 valence electrons. The number of halogens is 3. The number of anilines is 1. The molecule has 0 bridgehead atoms. The summed E-state index contributed by atoms with van der Waals surface area (Å²) in [6.45, 7) is 3.70. The van der Waals surface area contributed by atoms with Gasteiger partial charge in [0, 0.05) is 32.4 Å². The molecule has 27 heavy (non-hydrogen) atoms. The first-order valence-corrected chi connectivity index (χ1v) is 8.84. The van der Waals surface area contributed by atoms with Crippen LogP contribution >= 0.6 is 0 Å². The number of oxazole rings is 1. The van der Waals surface area contributed by atoms with Gasteiger partial charge in [-0.15, -0.1) is 0 Å². The van der Waals surface area contributed by atoms with Gasteiger partial charge in [-0.1, -0.05) is 12.1 Å². The van der Waals surface area contributed by atoms with E-state index in [0.29, 0.717) is 24.8 Å². The van der Waals surface area contributed by atoms with E-state index in [1.54, 1.807) is 0 Å². The molecule has 3 aromatic rings. The molecule has 1 aliphatic heterocycles. The molecule has 0 atom stereocenters. The Balaban J connectivity index is 1.40. The number of pyridine rings is 1. The van der Waals surface area contributed by atoms with Gasteiger partial charge in [0.15, 0.2) is 5.58 Å². The second kappa shape index (κ2) is 7.19. The molecular weight excluding hydrogens is 357 g/mol. The molecule has 8 heteroatoms. The van der Waals surface area contributed by atoms with Crippen LogP contribution in [0.3, 0.4) is 0 Å². The molecule has 0 unspecified atom stereocenters. The standard InChI is InChI=1S/C19H19F3N4O/c20-19(21,22)14-6-7-17(23-12-14)26-9-3-8-25(10-11-26)13-18-24-15-4-1-2-5-16(15)27-18/h1-2,4-7,12H,3,8-11,13H2. The number of benzene rings is 1. The Hall–Kier alpha value is -2.61. The molecule has 0 amide bonds. The summed E-state index contributed by atoms with van der Waals surface area (Å²) in [6.07, 6.45) is -2.57. The van der Waals surface area contributed by atoms with Crippen LogP contribution in [0.15, 0.2) is 47.0 Å². The van der Waals surface area contributed by atoms with Crippen LogP contribution in [0.2, 0.25) is 0 Å². The number of fused-ring (bicyclic) bond motifs is 1. The maximum absolute atomic E-state index is 12.7. The Bertz CT molecular complexity index is 874. The molecule has 0 radical (unpaired) electrons. The van der Waals surface area contributed by atoms with Crippen molar-refractivity contribution >= 4 is 16.9 Å². The van der Waals surface area contributed by atoms with Crippen LogP contribution in [0.4, 0.5) is 19.0 Å². The van der Waals surface area contributed by atoms with Crippen molar-refractivity contribution in [3.05, 3.63) is 54.0 Å². The highest BCUT2D eigenvalue weighted by molar-refractivity contribution is 5.72. The van der Waals surface area contributed by atoms with Gasteiger partial charge in [0.1, 0.15) is 11.3 Å². The zero-order valence-corrected chi connectivity index (χ0v) is 14.6. The number of rotatable bonds is 3. The summed E-state index contributed by atoms with van der Waals surface area (Å²) in [6, 6.07) is 10.2. The highest BCUT2D eigenvalue weighted by Crippen LogP contribution is 2.29. The van der Waals surface area contributed by atoms with Gasteiger partial charge >= 0.3 is 6.18 Å². The third-order valence-electron chi connectivity index (χ3n) is 4.68. The predicted octanol–water partition coefficient (Wildman–Crippen LogP) is 3.95. The van der Waals surface area contributed by atoms with Gasteiger partial charge in [-0.2, -0.15) is 13.2 Å². The fourth-order valence-electron chi connectivity index (χ4n) is 3.28. The maximum atomic E-state index is 12.7. The highest BCUT2D eigenvalue weighted by Gasteiger charge is 2.31. The minimum absolute atomic E-state index is 0.576. The third kappa shape index (κ3) is 4.05. The highest BCUT2D eigenvalue weighted by atomic mass is 19.4. The summed E-state index contributed by atoms with van der Waals surface area (Å²) in [7, 11) is 0. The average Bonchev–Trinajstić information content (AvgIpc) is 2.91. The summed E-state index contributed by atoms with van der Waals surface area (Å²) in [4.78, 5) is 12.8. The fourth-order valence-corrected chi connectivity index (χ4v) is 3.28. The molecule has 1 fully saturated rings. The largest absolute Gasteiger partial charge is 0.439 e. The van der Waals surface area contributed by atoms with E-state index in [2.05, 4.69) is 14.9 Å². The first-order valence-electron chi connectivity index (χ1n) is 8.84. The van der Waals surface area contributed by atoms with Crippen LogP contribution in [-0.2, 0) is 12.7 Å². The molecule has 1 aromatic carbocycles. The number of nitrogens with zero attached hydrogens (tertiary/aromatic N) is 4. The van der Waals surface area contributed by atoms with Gasteiger partial charge in [-0.3, -0.25) is 4.90 Å². The van der Waals surface area contributed by atoms with Gasteiger partial charge < -0.3 is 9.32 Å². The smallest absolute Gasteiger partial charge is 0.417 e. The van der Waals surface area contributed by atoms with Crippen molar-refractivity contribution in [3.63, 3.8) is 0 Å². The maximum Gasteiger partial charge on any atom is 0.417 e. The summed E-state index contributed by atoms with van der Waals surface area (Å²) < 4.78 is 43.8. The molecule has 2 aromatic heterocycles. The van der Waals surface area contributed by atoms with E-state index in [9.17, 15) is 13.2 Å². The lowest BCUT2D eigenvalue weighted by atomic mass is 10.2. The van der Waals surface area contributed by atoms with Crippen molar-refractivity contribution in [2.75, 3.05) is 31.1 Å². The van der Waals surface area contributed by atoms with Crippen LogP contribution in [-0.4, -0.2) is 41.0 Å². The second-order valence-corrected chi connectivity index (χ2v) is 6.59. The summed E-state index contributed by atoms with van der Waals surface area (Å²) in [5, 5.41) is 0.